The zero-order valence-electron chi connectivity index (χ0n) is 25.3. The van der Waals surface area contributed by atoms with Gasteiger partial charge in [-0.3, -0.25) is 14.3 Å². The molecule has 1 saturated heterocycles. The molecule has 252 valence electrons. The van der Waals surface area contributed by atoms with Crippen LogP contribution < -0.4 is 15.2 Å². The smallest absolute Gasteiger partial charge is 0.435 e. The molecule has 3 aromatic heterocycles. The van der Waals surface area contributed by atoms with E-state index in [1.807, 2.05) is 0 Å². The van der Waals surface area contributed by atoms with E-state index in [9.17, 15) is 35.9 Å². The van der Waals surface area contributed by atoms with Crippen molar-refractivity contribution in [3.63, 3.8) is 0 Å². The number of anilines is 1. The van der Waals surface area contributed by atoms with Gasteiger partial charge in [0.25, 0.3) is 5.56 Å². The fraction of sp³-hybridized carbons (Fsp3) is 0.448. The zero-order valence-corrected chi connectivity index (χ0v) is 25.3. The number of carbonyl (C=O) groups excluding carboxylic acids is 1. The van der Waals surface area contributed by atoms with Gasteiger partial charge in [0.05, 0.1) is 56.6 Å². The summed E-state index contributed by atoms with van der Waals surface area (Å²) in [6, 6.07) is 5.93. The highest BCUT2D eigenvalue weighted by Gasteiger charge is 2.39. The molecule has 1 fully saturated rings. The van der Waals surface area contributed by atoms with Gasteiger partial charge in [-0.2, -0.15) is 36.5 Å². The Balaban J connectivity index is 1.17. The Labute approximate surface area is 263 Å². The van der Waals surface area contributed by atoms with Crippen molar-refractivity contribution in [3.05, 3.63) is 70.0 Å². The molecule has 12 nitrogen and oxygen atoms in total. The Morgan fingerprint density at radius 3 is 2.21 bits per heavy atom. The Morgan fingerprint density at radius 2 is 1.62 bits per heavy atom. The van der Waals surface area contributed by atoms with Crippen molar-refractivity contribution >= 4 is 22.8 Å². The van der Waals surface area contributed by atoms with Gasteiger partial charge in [-0.1, -0.05) is 12.1 Å². The molecule has 0 saturated carbocycles. The predicted octanol–water partition coefficient (Wildman–Crippen LogP) is 3.79. The molecule has 1 unspecified atom stereocenters. The zero-order chi connectivity index (χ0) is 33.9. The van der Waals surface area contributed by atoms with Gasteiger partial charge in [0, 0.05) is 38.6 Å². The molecule has 18 heteroatoms. The first-order chi connectivity index (χ1) is 22.3. The normalized spacial score (nSPS) is 14.9. The van der Waals surface area contributed by atoms with E-state index in [2.05, 4.69) is 20.2 Å². The molecule has 0 bridgehead atoms. The lowest BCUT2D eigenvalue weighted by atomic mass is 10.2. The average Bonchev–Trinajstić information content (AvgIpc) is 3.46. The van der Waals surface area contributed by atoms with Gasteiger partial charge in [-0.05, 0) is 24.6 Å². The van der Waals surface area contributed by atoms with E-state index < -0.39 is 40.6 Å². The number of amides is 1. The molecule has 0 radical (unpaired) electrons. The third kappa shape index (κ3) is 7.64. The SMILES string of the molecule is COc1ccc(Cn2ncc3c(c(C(F)(F)F)nn3C(C)COCCC(=O)N3CCN(c4ncc(C(F)(F)F)cn4)CC3)c2=O)cc1. The number of fused-ring (bicyclic) bond motifs is 1. The van der Waals surface area contributed by atoms with Crippen molar-refractivity contribution in [2.75, 3.05) is 51.4 Å². The summed E-state index contributed by atoms with van der Waals surface area (Å²) in [6.45, 7) is 2.60. The summed E-state index contributed by atoms with van der Waals surface area (Å²) >= 11 is 0. The van der Waals surface area contributed by atoms with Crippen LogP contribution in [0, 0.1) is 0 Å². The quantitative estimate of drug-likeness (QED) is 0.184. The van der Waals surface area contributed by atoms with Crippen LogP contribution in [0.4, 0.5) is 32.3 Å². The highest BCUT2D eigenvalue weighted by molar-refractivity contribution is 5.81. The van der Waals surface area contributed by atoms with E-state index in [0.29, 0.717) is 49.9 Å². The number of halogens is 6. The first kappa shape index (κ1) is 33.6. The van der Waals surface area contributed by atoms with Gasteiger partial charge in [-0.25, -0.2) is 14.6 Å². The summed E-state index contributed by atoms with van der Waals surface area (Å²) in [4.78, 5) is 36.7. The van der Waals surface area contributed by atoms with Crippen molar-refractivity contribution < 1.29 is 40.6 Å². The number of ether oxygens (including phenoxy) is 2. The summed E-state index contributed by atoms with van der Waals surface area (Å²) in [7, 11) is 1.50. The van der Waals surface area contributed by atoms with Crippen molar-refractivity contribution in [1.82, 2.24) is 34.4 Å². The molecule has 1 amide bonds. The molecule has 1 aromatic carbocycles. The summed E-state index contributed by atoms with van der Waals surface area (Å²) < 4.78 is 92.9. The summed E-state index contributed by atoms with van der Waals surface area (Å²) in [5, 5.41) is 7.21. The van der Waals surface area contributed by atoms with Gasteiger partial charge < -0.3 is 19.3 Å². The highest BCUT2D eigenvalue weighted by Crippen LogP contribution is 2.33. The number of alkyl halides is 6. The molecular formula is C29H30F6N8O4. The Bertz CT molecular complexity index is 1750. The summed E-state index contributed by atoms with van der Waals surface area (Å²) in [5.41, 5.74) is -2.69. The summed E-state index contributed by atoms with van der Waals surface area (Å²) in [5.74, 6) is 0.490. The van der Waals surface area contributed by atoms with Gasteiger partial charge in [0.1, 0.15) is 11.1 Å². The van der Waals surface area contributed by atoms with E-state index >= 15 is 0 Å². The van der Waals surface area contributed by atoms with Crippen LogP contribution in [-0.4, -0.2) is 86.8 Å². The number of hydrogen-bond donors (Lipinski definition) is 0. The lowest BCUT2D eigenvalue weighted by Crippen LogP contribution is -2.49. The number of rotatable bonds is 10. The number of piperazine rings is 1. The Kier molecular flexibility index (Phi) is 9.69. The number of methoxy groups -OCH3 is 1. The minimum Gasteiger partial charge on any atom is -0.497 e. The van der Waals surface area contributed by atoms with Gasteiger partial charge in [0.15, 0.2) is 5.69 Å². The second-order valence-electron chi connectivity index (χ2n) is 10.8. The number of benzene rings is 1. The standard InChI is InChI=1S/C29H30F6N8O4/c1-18(17-47-12-7-23(44)40-8-10-41(11-9-40)27-36-13-20(14-37-27)28(30,31)32)43-22-15-38-42(16-19-3-5-21(46-2)6-4-19)26(45)24(22)25(39-43)29(33,34)35/h3-6,13-15,18H,7-12,16-17H2,1-2H3. The van der Waals surface area contributed by atoms with Crippen LogP contribution in [0.5, 0.6) is 5.75 Å². The maximum atomic E-state index is 14.0. The maximum absolute atomic E-state index is 14.0. The summed E-state index contributed by atoms with van der Waals surface area (Å²) in [6.07, 6.45) is -6.86. The first-order valence-electron chi connectivity index (χ1n) is 14.4. The fourth-order valence-electron chi connectivity index (χ4n) is 5.07. The third-order valence-electron chi connectivity index (χ3n) is 7.59. The largest absolute Gasteiger partial charge is 0.497 e. The van der Waals surface area contributed by atoms with Crippen LogP contribution in [0.25, 0.3) is 10.9 Å². The number of carbonyl (C=O) groups is 1. The van der Waals surface area contributed by atoms with Crippen molar-refractivity contribution in [1.29, 1.82) is 0 Å². The topological polar surface area (TPSA) is 120 Å². The van der Waals surface area contributed by atoms with Crippen molar-refractivity contribution in [3.8, 4) is 5.75 Å². The fourth-order valence-corrected chi connectivity index (χ4v) is 5.07. The molecule has 1 aliphatic rings. The predicted molar refractivity (Wildman–Crippen MR) is 155 cm³/mol. The molecular weight excluding hydrogens is 638 g/mol. The molecule has 1 aliphatic heterocycles. The van der Waals surface area contributed by atoms with E-state index in [-0.39, 0.29) is 43.6 Å². The second-order valence-corrected chi connectivity index (χ2v) is 10.8. The van der Waals surface area contributed by atoms with Gasteiger partial charge >= 0.3 is 12.4 Å². The van der Waals surface area contributed by atoms with Gasteiger partial charge in [0.2, 0.25) is 11.9 Å². The van der Waals surface area contributed by atoms with Crippen LogP contribution in [0.1, 0.15) is 36.2 Å². The number of nitrogens with zero attached hydrogens (tertiary/aromatic N) is 8. The van der Waals surface area contributed by atoms with Gasteiger partial charge in [-0.15, -0.1) is 0 Å². The monoisotopic (exact) mass is 668 g/mol. The van der Waals surface area contributed by atoms with Crippen LogP contribution in [0.2, 0.25) is 0 Å². The van der Waals surface area contributed by atoms with E-state index in [4.69, 9.17) is 9.47 Å². The van der Waals surface area contributed by atoms with Crippen molar-refractivity contribution in [2.24, 2.45) is 0 Å². The van der Waals surface area contributed by atoms with Crippen LogP contribution >= 0.6 is 0 Å². The van der Waals surface area contributed by atoms with E-state index in [1.165, 1.54) is 7.11 Å². The Hall–Kier alpha value is -4.74. The lowest BCUT2D eigenvalue weighted by Gasteiger charge is -2.34. The van der Waals surface area contributed by atoms with Crippen molar-refractivity contribution in [2.45, 2.75) is 38.3 Å². The Morgan fingerprint density at radius 1 is 0.957 bits per heavy atom. The molecule has 0 aliphatic carbocycles. The number of hydrogen-bond acceptors (Lipinski definition) is 9. The number of aromatic nitrogens is 6. The second kappa shape index (κ2) is 13.5. The molecule has 0 N–H and O–H groups in total. The molecule has 4 aromatic rings. The van der Waals surface area contributed by atoms with E-state index in [1.54, 1.807) is 41.0 Å². The van der Waals surface area contributed by atoms with Crippen LogP contribution in [0.15, 0.2) is 47.7 Å². The molecule has 5 rings (SSSR count). The lowest BCUT2D eigenvalue weighted by molar-refractivity contribution is -0.140. The minimum absolute atomic E-state index is 0.00518. The first-order valence-corrected chi connectivity index (χ1v) is 14.4. The third-order valence-corrected chi connectivity index (χ3v) is 7.59. The molecule has 1 atom stereocenters. The minimum atomic E-state index is -4.91. The van der Waals surface area contributed by atoms with Crippen LogP contribution in [0.3, 0.4) is 0 Å². The molecule has 47 heavy (non-hydrogen) atoms. The van der Waals surface area contributed by atoms with Crippen LogP contribution in [-0.2, 0) is 28.4 Å². The highest BCUT2D eigenvalue weighted by atomic mass is 19.4. The maximum Gasteiger partial charge on any atom is 0.435 e. The average molecular weight is 669 g/mol. The molecule has 0 spiro atoms. The van der Waals surface area contributed by atoms with E-state index in [0.717, 1.165) is 15.6 Å². The molecule has 4 heterocycles.